The number of aliphatic hydroxyl groups is 1. The molecule has 102 valence electrons. The standard InChI is InChI=1S/C9H19NO5S2/c1-16(12,13)6-7-17(14,15)10-8-4-2-3-5-9(8)11/h8-11H,2-7H2,1H3. The van der Waals surface area contributed by atoms with Crippen molar-refractivity contribution in [2.24, 2.45) is 0 Å². The lowest BCUT2D eigenvalue weighted by Crippen LogP contribution is -2.46. The lowest BCUT2D eigenvalue weighted by Gasteiger charge is -2.27. The van der Waals surface area contributed by atoms with Crippen molar-refractivity contribution in [3.63, 3.8) is 0 Å². The molecule has 1 aliphatic rings. The first-order chi connectivity index (χ1) is 7.70. The van der Waals surface area contributed by atoms with E-state index < -0.39 is 43.5 Å². The van der Waals surface area contributed by atoms with Crippen molar-refractivity contribution < 1.29 is 21.9 Å². The van der Waals surface area contributed by atoms with Gasteiger partial charge in [0.1, 0.15) is 9.84 Å². The van der Waals surface area contributed by atoms with Crippen LogP contribution in [-0.2, 0) is 19.9 Å². The lowest BCUT2D eigenvalue weighted by atomic mass is 9.93. The van der Waals surface area contributed by atoms with Crippen LogP contribution in [0.4, 0.5) is 0 Å². The number of sulfone groups is 1. The Bertz CT molecular complexity index is 442. The van der Waals surface area contributed by atoms with Crippen molar-refractivity contribution >= 4 is 19.9 Å². The van der Waals surface area contributed by atoms with Crippen LogP contribution in [-0.4, -0.2) is 51.8 Å². The van der Waals surface area contributed by atoms with E-state index in [1.54, 1.807) is 0 Å². The van der Waals surface area contributed by atoms with Gasteiger partial charge in [0, 0.05) is 12.3 Å². The molecule has 1 fully saturated rings. The molecule has 17 heavy (non-hydrogen) atoms. The minimum Gasteiger partial charge on any atom is -0.391 e. The fourth-order valence-corrected chi connectivity index (χ4v) is 4.74. The minimum absolute atomic E-state index is 0.398. The number of hydrogen-bond donors (Lipinski definition) is 2. The fourth-order valence-electron chi connectivity index (χ4n) is 1.80. The summed E-state index contributed by atoms with van der Waals surface area (Å²) in [5.41, 5.74) is 0. The quantitative estimate of drug-likeness (QED) is 0.692. The molecule has 0 heterocycles. The molecule has 1 rings (SSSR count). The van der Waals surface area contributed by atoms with Crippen molar-refractivity contribution in [2.45, 2.75) is 37.8 Å². The number of aliphatic hydroxyl groups excluding tert-OH is 1. The Kier molecular flexibility index (Phi) is 4.94. The molecule has 0 spiro atoms. The molecule has 6 nitrogen and oxygen atoms in total. The van der Waals surface area contributed by atoms with Crippen LogP contribution in [0.25, 0.3) is 0 Å². The summed E-state index contributed by atoms with van der Waals surface area (Å²) in [5.74, 6) is -0.847. The highest BCUT2D eigenvalue weighted by atomic mass is 32.2. The summed E-state index contributed by atoms with van der Waals surface area (Å²) in [6, 6.07) is -0.478. The Labute approximate surface area is 102 Å². The molecule has 0 bridgehead atoms. The van der Waals surface area contributed by atoms with Crippen molar-refractivity contribution in [1.82, 2.24) is 4.72 Å². The number of rotatable bonds is 5. The molecule has 0 aromatic carbocycles. The highest BCUT2D eigenvalue weighted by Gasteiger charge is 2.27. The van der Waals surface area contributed by atoms with Gasteiger partial charge in [-0.2, -0.15) is 0 Å². The van der Waals surface area contributed by atoms with Crippen LogP contribution in [0.15, 0.2) is 0 Å². The Morgan fingerprint density at radius 1 is 1.12 bits per heavy atom. The van der Waals surface area contributed by atoms with E-state index in [0.29, 0.717) is 12.8 Å². The molecule has 1 saturated carbocycles. The first kappa shape index (κ1) is 14.9. The zero-order chi connectivity index (χ0) is 13.1. The predicted molar refractivity (Wildman–Crippen MR) is 64.9 cm³/mol. The second-order valence-corrected chi connectivity index (χ2v) is 8.66. The van der Waals surface area contributed by atoms with Crippen LogP contribution < -0.4 is 4.72 Å². The van der Waals surface area contributed by atoms with E-state index in [4.69, 9.17) is 0 Å². The first-order valence-electron chi connectivity index (χ1n) is 5.55. The Balaban J connectivity index is 2.54. The second-order valence-electron chi connectivity index (χ2n) is 4.52. The third-order valence-corrected chi connectivity index (χ3v) is 5.39. The molecule has 0 aromatic heterocycles. The zero-order valence-corrected chi connectivity index (χ0v) is 11.4. The van der Waals surface area contributed by atoms with Crippen LogP contribution in [0.3, 0.4) is 0 Å². The average molecular weight is 285 g/mol. The van der Waals surface area contributed by atoms with Crippen molar-refractivity contribution in [3.05, 3.63) is 0 Å². The van der Waals surface area contributed by atoms with E-state index in [9.17, 15) is 21.9 Å². The summed E-state index contributed by atoms with van der Waals surface area (Å²) in [4.78, 5) is 0. The first-order valence-corrected chi connectivity index (χ1v) is 9.27. The predicted octanol–water partition coefficient (Wildman–Crippen LogP) is -0.746. The maximum absolute atomic E-state index is 11.6. The average Bonchev–Trinajstić information content (AvgIpc) is 2.18. The van der Waals surface area contributed by atoms with Gasteiger partial charge in [-0.15, -0.1) is 0 Å². The Morgan fingerprint density at radius 3 is 2.24 bits per heavy atom. The van der Waals surface area contributed by atoms with E-state index in [1.165, 1.54) is 0 Å². The van der Waals surface area contributed by atoms with Gasteiger partial charge in [-0.1, -0.05) is 12.8 Å². The second kappa shape index (κ2) is 5.64. The highest BCUT2D eigenvalue weighted by molar-refractivity contribution is 7.93. The SMILES string of the molecule is CS(=O)(=O)CCS(=O)(=O)NC1CCCCC1O. The Hall–Kier alpha value is -0.180. The van der Waals surface area contributed by atoms with Crippen LogP contribution in [0.5, 0.6) is 0 Å². The van der Waals surface area contributed by atoms with Crippen LogP contribution in [0.1, 0.15) is 25.7 Å². The lowest BCUT2D eigenvalue weighted by molar-refractivity contribution is 0.101. The van der Waals surface area contributed by atoms with Gasteiger partial charge < -0.3 is 5.11 Å². The molecule has 8 heteroatoms. The van der Waals surface area contributed by atoms with E-state index in [2.05, 4.69) is 4.72 Å². The van der Waals surface area contributed by atoms with Gasteiger partial charge in [0.2, 0.25) is 10.0 Å². The van der Waals surface area contributed by atoms with E-state index in [1.807, 2.05) is 0 Å². The largest absolute Gasteiger partial charge is 0.391 e. The summed E-state index contributed by atoms with van der Waals surface area (Å²) >= 11 is 0. The molecular weight excluding hydrogens is 266 g/mol. The van der Waals surface area contributed by atoms with E-state index in [0.717, 1.165) is 19.1 Å². The third-order valence-electron chi connectivity index (χ3n) is 2.78. The van der Waals surface area contributed by atoms with Crippen molar-refractivity contribution in [1.29, 1.82) is 0 Å². The van der Waals surface area contributed by atoms with Gasteiger partial charge >= 0.3 is 0 Å². The molecule has 1 aliphatic carbocycles. The smallest absolute Gasteiger partial charge is 0.212 e. The molecule has 0 aromatic rings. The van der Waals surface area contributed by atoms with Gasteiger partial charge in [-0.25, -0.2) is 21.6 Å². The normalized spacial score (nSPS) is 26.9. The number of nitrogens with one attached hydrogen (secondary N) is 1. The van der Waals surface area contributed by atoms with Crippen molar-refractivity contribution in [2.75, 3.05) is 17.8 Å². The molecule has 2 unspecified atom stereocenters. The van der Waals surface area contributed by atoms with Gasteiger partial charge in [0.15, 0.2) is 0 Å². The number of sulfonamides is 1. The van der Waals surface area contributed by atoms with E-state index >= 15 is 0 Å². The minimum atomic E-state index is -3.64. The summed E-state index contributed by atoms with van der Waals surface area (Å²) in [6.07, 6.45) is 3.27. The van der Waals surface area contributed by atoms with Crippen LogP contribution in [0, 0.1) is 0 Å². The monoisotopic (exact) mass is 285 g/mol. The van der Waals surface area contributed by atoms with Gasteiger partial charge in [0.05, 0.1) is 17.6 Å². The van der Waals surface area contributed by atoms with Gasteiger partial charge in [-0.3, -0.25) is 0 Å². The van der Waals surface area contributed by atoms with Crippen molar-refractivity contribution in [3.8, 4) is 0 Å². The van der Waals surface area contributed by atoms with Gasteiger partial charge in [0.25, 0.3) is 0 Å². The van der Waals surface area contributed by atoms with Crippen LogP contribution in [0.2, 0.25) is 0 Å². The summed E-state index contributed by atoms with van der Waals surface area (Å²) in [7, 11) is -6.93. The molecule has 0 aliphatic heterocycles. The van der Waals surface area contributed by atoms with E-state index in [-0.39, 0.29) is 0 Å². The van der Waals surface area contributed by atoms with Crippen LogP contribution >= 0.6 is 0 Å². The maximum Gasteiger partial charge on any atom is 0.212 e. The Morgan fingerprint density at radius 2 is 1.71 bits per heavy atom. The molecule has 2 N–H and O–H groups in total. The maximum atomic E-state index is 11.6. The third kappa shape index (κ3) is 5.80. The molecule has 0 saturated heterocycles. The zero-order valence-electron chi connectivity index (χ0n) is 9.79. The molecule has 0 radical (unpaired) electrons. The van der Waals surface area contributed by atoms with Gasteiger partial charge in [-0.05, 0) is 12.8 Å². The molecule has 0 amide bonds. The molecular formula is C9H19NO5S2. The highest BCUT2D eigenvalue weighted by Crippen LogP contribution is 2.18. The fraction of sp³-hybridized carbons (Fsp3) is 1.00. The summed E-state index contributed by atoms with van der Waals surface area (Å²) in [6.45, 7) is 0. The summed E-state index contributed by atoms with van der Waals surface area (Å²) in [5, 5.41) is 9.62. The topological polar surface area (TPSA) is 101 Å². The molecule has 2 atom stereocenters. The number of hydrogen-bond acceptors (Lipinski definition) is 5. The summed E-state index contributed by atoms with van der Waals surface area (Å²) < 4.78 is 47.4.